The smallest absolute Gasteiger partial charge is 0.299 e. The molecular formula is C11H15N3O4. The Balaban J connectivity index is 3.60. The molecule has 7 nitrogen and oxygen atoms in total. The first kappa shape index (κ1) is 13.9. The maximum absolute atomic E-state index is 11.0. The number of nitro groups is 2. The summed E-state index contributed by atoms with van der Waals surface area (Å²) in [6.45, 7) is 6.15. The fraction of sp³-hybridized carbons (Fsp3) is 0.455. The molecule has 0 N–H and O–H groups in total. The molecule has 0 unspecified atom stereocenters. The van der Waals surface area contributed by atoms with Gasteiger partial charge in [-0.15, -0.1) is 0 Å². The van der Waals surface area contributed by atoms with Crippen LogP contribution in [-0.2, 0) is 0 Å². The van der Waals surface area contributed by atoms with Crippen molar-refractivity contribution in [1.29, 1.82) is 0 Å². The maximum Gasteiger partial charge on any atom is 0.299 e. The quantitative estimate of drug-likeness (QED) is 0.594. The zero-order chi connectivity index (χ0) is 13.9. The van der Waals surface area contributed by atoms with Gasteiger partial charge in [0, 0.05) is 25.2 Å². The topological polar surface area (TPSA) is 89.5 Å². The van der Waals surface area contributed by atoms with Crippen molar-refractivity contribution >= 4 is 17.1 Å². The summed E-state index contributed by atoms with van der Waals surface area (Å²) < 4.78 is 0. The molecule has 0 fully saturated rings. The van der Waals surface area contributed by atoms with E-state index in [0.29, 0.717) is 18.7 Å². The number of nitrogens with zero attached hydrogens (tertiary/aromatic N) is 3. The summed E-state index contributed by atoms with van der Waals surface area (Å²) in [7, 11) is 0. The molecule has 0 bridgehead atoms. The fourth-order valence-electron chi connectivity index (χ4n) is 1.88. The predicted octanol–water partition coefficient (Wildman–Crippen LogP) is 2.66. The van der Waals surface area contributed by atoms with Crippen LogP contribution in [0.15, 0.2) is 12.1 Å². The van der Waals surface area contributed by atoms with E-state index in [9.17, 15) is 20.2 Å². The van der Waals surface area contributed by atoms with Gasteiger partial charge >= 0.3 is 0 Å². The van der Waals surface area contributed by atoms with E-state index >= 15 is 0 Å². The second-order valence-electron chi connectivity index (χ2n) is 3.84. The maximum atomic E-state index is 11.0. The fourth-order valence-corrected chi connectivity index (χ4v) is 1.88. The predicted molar refractivity (Wildman–Crippen MR) is 68.0 cm³/mol. The number of rotatable bonds is 5. The van der Waals surface area contributed by atoms with Crippen molar-refractivity contribution in [3.8, 4) is 0 Å². The number of hydrogen-bond acceptors (Lipinski definition) is 5. The molecule has 0 spiro atoms. The van der Waals surface area contributed by atoms with Gasteiger partial charge in [-0.25, -0.2) is 0 Å². The van der Waals surface area contributed by atoms with E-state index in [2.05, 4.69) is 0 Å². The van der Waals surface area contributed by atoms with E-state index in [4.69, 9.17) is 0 Å². The average molecular weight is 253 g/mol. The number of hydrogen-bond donors (Lipinski definition) is 0. The van der Waals surface area contributed by atoms with Crippen LogP contribution in [0, 0.1) is 27.2 Å². The standard InChI is InChI=1S/C11H15N3O4/c1-4-12(5-2)11-9(13(15)16)6-8(3)7-10(11)14(17)18/h6-7H,4-5H2,1-3H3. The Kier molecular flexibility index (Phi) is 4.19. The Morgan fingerprint density at radius 2 is 1.44 bits per heavy atom. The molecule has 18 heavy (non-hydrogen) atoms. The normalized spacial score (nSPS) is 10.2. The highest BCUT2D eigenvalue weighted by atomic mass is 16.6. The molecule has 0 aliphatic heterocycles. The number of nitro benzene ring substituents is 2. The van der Waals surface area contributed by atoms with Crippen LogP contribution in [0.4, 0.5) is 17.1 Å². The largest absolute Gasteiger partial charge is 0.361 e. The summed E-state index contributed by atoms with van der Waals surface area (Å²) in [6, 6.07) is 2.72. The Labute approximate surface area is 104 Å². The second-order valence-corrected chi connectivity index (χ2v) is 3.84. The lowest BCUT2D eigenvalue weighted by atomic mass is 10.1. The molecule has 0 atom stereocenters. The Morgan fingerprint density at radius 1 is 1.06 bits per heavy atom. The van der Waals surface area contributed by atoms with Crippen molar-refractivity contribution in [1.82, 2.24) is 0 Å². The van der Waals surface area contributed by atoms with Crippen LogP contribution in [0.2, 0.25) is 0 Å². The first-order valence-electron chi connectivity index (χ1n) is 5.60. The summed E-state index contributed by atoms with van der Waals surface area (Å²) in [5.41, 5.74) is 0.153. The lowest BCUT2D eigenvalue weighted by Gasteiger charge is -2.20. The van der Waals surface area contributed by atoms with Crippen molar-refractivity contribution < 1.29 is 9.85 Å². The molecule has 7 heteroatoms. The van der Waals surface area contributed by atoms with Gasteiger partial charge in [0.25, 0.3) is 11.4 Å². The van der Waals surface area contributed by atoms with Crippen molar-refractivity contribution in [3.63, 3.8) is 0 Å². The molecule has 0 heterocycles. The molecule has 0 radical (unpaired) electrons. The second kappa shape index (κ2) is 5.44. The van der Waals surface area contributed by atoms with Gasteiger partial charge in [-0.2, -0.15) is 0 Å². The van der Waals surface area contributed by atoms with Crippen LogP contribution in [0.5, 0.6) is 0 Å². The van der Waals surface area contributed by atoms with Gasteiger partial charge in [0.15, 0.2) is 5.69 Å². The lowest BCUT2D eigenvalue weighted by molar-refractivity contribution is -0.392. The van der Waals surface area contributed by atoms with Crippen LogP contribution >= 0.6 is 0 Å². The molecule has 1 aromatic carbocycles. The highest BCUT2D eigenvalue weighted by Gasteiger charge is 2.29. The summed E-state index contributed by atoms with van der Waals surface area (Å²) in [4.78, 5) is 22.6. The molecule has 0 aliphatic carbocycles. The first-order chi connectivity index (χ1) is 8.42. The van der Waals surface area contributed by atoms with Crippen molar-refractivity contribution in [3.05, 3.63) is 37.9 Å². The molecule has 1 rings (SSSR count). The summed E-state index contributed by atoms with van der Waals surface area (Å²) >= 11 is 0. The lowest BCUT2D eigenvalue weighted by Crippen LogP contribution is -2.24. The minimum absolute atomic E-state index is 0.0839. The summed E-state index contributed by atoms with van der Waals surface area (Å²) in [5, 5.41) is 22.1. The van der Waals surface area contributed by atoms with E-state index < -0.39 is 9.85 Å². The van der Waals surface area contributed by atoms with Gasteiger partial charge in [0.1, 0.15) is 0 Å². The molecule has 98 valence electrons. The SMILES string of the molecule is CCN(CC)c1c([N+](=O)[O-])cc(C)cc1[N+](=O)[O-]. The van der Waals surface area contributed by atoms with Crippen LogP contribution < -0.4 is 4.90 Å². The Morgan fingerprint density at radius 3 is 1.72 bits per heavy atom. The van der Waals surface area contributed by atoms with Gasteiger partial charge in [-0.05, 0) is 26.3 Å². The van der Waals surface area contributed by atoms with Gasteiger partial charge in [-0.1, -0.05) is 0 Å². The van der Waals surface area contributed by atoms with Gasteiger partial charge < -0.3 is 4.90 Å². The van der Waals surface area contributed by atoms with E-state index in [1.54, 1.807) is 25.7 Å². The van der Waals surface area contributed by atoms with E-state index in [0.717, 1.165) is 0 Å². The third kappa shape index (κ3) is 2.55. The van der Waals surface area contributed by atoms with Crippen molar-refractivity contribution in [2.24, 2.45) is 0 Å². The zero-order valence-corrected chi connectivity index (χ0v) is 10.5. The number of aryl methyl sites for hydroxylation is 1. The van der Waals surface area contributed by atoms with Crippen molar-refractivity contribution in [2.45, 2.75) is 20.8 Å². The molecular weight excluding hydrogens is 238 g/mol. The van der Waals surface area contributed by atoms with Gasteiger partial charge in [-0.3, -0.25) is 20.2 Å². The minimum Gasteiger partial charge on any atom is -0.361 e. The van der Waals surface area contributed by atoms with Crippen LogP contribution in [0.25, 0.3) is 0 Å². The number of benzene rings is 1. The first-order valence-corrected chi connectivity index (χ1v) is 5.60. The van der Waals surface area contributed by atoms with Crippen LogP contribution in [0.1, 0.15) is 19.4 Å². The molecule has 0 aliphatic rings. The molecule has 0 aromatic heterocycles. The minimum atomic E-state index is -0.576. The Bertz CT molecular complexity index is 448. The van der Waals surface area contributed by atoms with Gasteiger partial charge in [0.05, 0.1) is 9.85 Å². The average Bonchev–Trinajstić information content (AvgIpc) is 2.31. The van der Waals surface area contributed by atoms with Gasteiger partial charge in [0.2, 0.25) is 0 Å². The van der Waals surface area contributed by atoms with Crippen molar-refractivity contribution in [2.75, 3.05) is 18.0 Å². The van der Waals surface area contributed by atoms with E-state index in [1.165, 1.54) is 12.1 Å². The highest BCUT2D eigenvalue weighted by molar-refractivity contribution is 5.76. The summed E-state index contributed by atoms with van der Waals surface area (Å²) in [6.07, 6.45) is 0. The van der Waals surface area contributed by atoms with E-state index in [-0.39, 0.29) is 17.1 Å². The highest BCUT2D eigenvalue weighted by Crippen LogP contribution is 2.38. The van der Waals surface area contributed by atoms with E-state index in [1.807, 2.05) is 0 Å². The monoisotopic (exact) mass is 253 g/mol. The number of anilines is 1. The molecule has 0 saturated carbocycles. The van der Waals surface area contributed by atoms with Crippen LogP contribution in [0.3, 0.4) is 0 Å². The molecule has 0 saturated heterocycles. The van der Waals surface area contributed by atoms with Crippen LogP contribution in [-0.4, -0.2) is 22.9 Å². The third-order valence-corrected chi connectivity index (χ3v) is 2.69. The summed E-state index contributed by atoms with van der Waals surface area (Å²) in [5.74, 6) is 0. The zero-order valence-electron chi connectivity index (χ0n) is 10.5. The molecule has 0 amide bonds. The Hall–Kier alpha value is -2.18. The molecule has 1 aromatic rings. The third-order valence-electron chi connectivity index (χ3n) is 2.69.